The topological polar surface area (TPSA) is 142 Å². The molecule has 0 aliphatic carbocycles. The number of halogens is 1. The van der Waals surface area contributed by atoms with Gasteiger partial charge >= 0.3 is 153 Å². The summed E-state index contributed by atoms with van der Waals surface area (Å²) in [5.41, 5.74) is -0.0969. The van der Waals surface area contributed by atoms with Gasteiger partial charge in [-0.05, 0) is 0 Å². The molecule has 1 saturated heterocycles. The summed E-state index contributed by atoms with van der Waals surface area (Å²) in [6.07, 6.45) is 0.482. The molecular formula is C14H19IN5O5-. The Morgan fingerprint density at radius 2 is 2.40 bits per heavy atom. The predicted molar refractivity (Wildman–Crippen MR) is 83.9 cm³/mol. The fraction of sp³-hybridized carbons (Fsp3) is 0.571. The Kier molecular flexibility index (Phi) is 5.66. The molecule has 0 spiro atoms. The number of aliphatic hydroxyl groups excluding tert-OH is 2. The number of carbonyl (C=O) groups excluding carboxylic acids is 1. The zero-order valence-electron chi connectivity index (χ0n) is 13.5. The number of nitrogens with zero attached hydrogens (tertiary/aromatic N) is 3. The first-order chi connectivity index (χ1) is 12.0. The number of ether oxygens (including phenoxy) is 1. The minimum atomic E-state index is -0.813. The third-order valence-corrected chi connectivity index (χ3v) is 6.33. The van der Waals surface area contributed by atoms with E-state index >= 15 is 0 Å². The first kappa shape index (κ1) is 18.2. The maximum atomic E-state index is 12.2. The summed E-state index contributed by atoms with van der Waals surface area (Å²) in [5.74, 6) is 0.0670. The fourth-order valence-electron chi connectivity index (χ4n) is 2.55. The maximum absolute atomic E-state index is 12.2. The average molecular weight is 464 g/mol. The number of rotatable bonds is 6. The normalized spacial score (nSPS) is 23.4. The van der Waals surface area contributed by atoms with Crippen LogP contribution in [0.15, 0.2) is 11.1 Å². The molecule has 2 aromatic rings. The second-order valence-corrected chi connectivity index (χ2v) is 8.40. The molecule has 138 valence electrons. The molecule has 3 atom stereocenters. The van der Waals surface area contributed by atoms with Crippen molar-refractivity contribution in [2.45, 2.75) is 38.2 Å². The second-order valence-electron chi connectivity index (χ2n) is 5.57. The molecule has 25 heavy (non-hydrogen) atoms. The van der Waals surface area contributed by atoms with Crippen molar-refractivity contribution < 1.29 is 40.9 Å². The van der Waals surface area contributed by atoms with Gasteiger partial charge in [0, 0.05) is 0 Å². The van der Waals surface area contributed by atoms with E-state index in [1.807, 2.05) is 6.92 Å². The van der Waals surface area contributed by atoms with Gasteiger partial charge in [-0.25, -0.2) is 0 Å². The van der Waals surface area contributed by atoms with Gasteiger partial charge in [0.15, 0.2) is 0 Å². The van der Waals surface area contributed by atoms with Gasteiger partial charge in [-0.1, -0.05) is 0 Å². The Morgan fingerprint density at radius 1 is 1.60 bits per heavy atom. The molecular weight excluding hydrogens is 445 g/mol. The van der Waals surface area contributed by atoms with Gasteiger partial charge < -0.3 is 0 Å². The number of fused-ring (bicyclic) bond motifs is 1. The van der Waals surface area contributed by atoms with Gasteiger partial charge in [-0.2, -0.15) is 0 Å². The van der Waals surface area contributed by atoms with E-state index in [0.717, 1.165) is 10.8 Å². The molecule has 0 bridgehead atoms. The molecule has 11 heteroatoms. The number of H-pyrrole nitrogens is 1. The predicted octanol–water partition coefficient (Wildman–Crippen LogP) is -3.21. The van der Waals surface area contributed by atoms with Crippen LogP contribution in [0.25, 0.3) is 11.2 Å². The summed E-state index contributed by atoms with van der Waals surface area (Å²) in [6.45, 7) is 1.70. The van der Waals surface area contributed by atoms with Gasteiger partial charge in [0.1, 0.15) is 0 Å². The van der Waals surface area contributed by atoms with Crippen LogP contribution >= 0.6 is 0 Å². The Labute approximate surface area is 152 Å². The molecule has 0 radical (unpaired) electrons. The van der Waals surface area contributed by atoms with Crippen molar-refractivity contribution in [1.82, 2.24) is 19.5 Å². The van der Waals surface area contributed by atoms with E-state index in [1.165, 1.54) is 10.9 Å². The first-order valence-electron chi connectivity index (χ1n) is 7.84. The number of amides is 1. The molecule has 0 aromatic carbocycles. The summed E-state index contributed by atoms with van der Waals surface area (Å²) in [7, 11) is 0. The number of imidazole rings is 1. The van der Waals surface area contributed by atoms with Crippen LogP contribution in [0, 0.1) is 0 Å². The second kappa shape index (κ2) is 7.76. The van der Waals surface area contributed by atoms with Crippen molar-refractivity contribution in [1.29, 1.82) is 0 Å². The summed E-state index contributed by atoms with van der Waals surface area (Å²) in [4.78, 5) is 34.9. The number of nitrogens with one attached hydrogen (secondary N) is 2. The molecule has 3 heterocycles. The minimum absolute atomic E-state index is 0.0670. The number of aliphatic hydroxyl groups is 2. The third kappa shape index (κ3) is 3.83. The molecule has 1 aliphatic heterocycles. The van der Waals surface area contributed by atoms with Crippen molar-refractivity contribution in [3.63, 3.8) is 0 Å². The summed E-state index contributed by atoms with van der Waals surface area (Å²) in [6, 6.07) is 0. The van der Waals surface area contributed by atoms with E-state index in [4.69, 9.17) is 4.74 Å². The molecule has 0 unspecified atom stereocenters. The summed E-state index contributed by atoms with van der Waals surface area (Å²) in [5, 5.41) is 21.7. The van der Waals surface area contributed by atoms with Crippen LogP contribution in [0.1, 0.15) is 26.0 Å². The van der Waals surface area contributed by atoms with E-state index in [9.17, 15) is 19.8 Å². The number of carbonyl (C=O) groups is 1. The Balaban J connectivity index is 1.89. The Hall–Kier alpha value is -1.57. The molecule has 1 aliphatic rings. The molecule has 2 aromatic heterocycles. The van der Waals surface area contributed by atoms with Crippen LogP contribution in [-0.2, 0) is 4.74 Å². The first-order valence-corrected chi connectivity index (χ1v) is 10.4. The SMILES string of the molecule is CCC[I-]C(=O)Nc1nc2c(ncn2[C@@H]2C[C@H](O)[C@H](CO)O2)c(=O)[nH]1. The van der Waals surface area contributed by atoms with Gasteiger partial charge in [-0.3, -0.25) is 0 Å². The average Bonchev–Trinajstić information content (AvgIpc) is 3.16. The van der Waals surface area contributed by atoms with Crippen LogP contribution in [-0.4, -0.2) is 56.9 Å². The van der Waals surface area contributed by atoms with Crippen molar-refractivity contribution >= 4 is 21.0 Å². The van der Waals surface area contributed by atoms with E-state index in [1.54, 1.807) is 0 Å². The van der Waals surface area contributed by atoms with E-state index < -0.39 is 45.2 Å². The molecule has 0 saturated carbocycles. The Morgan fingerprint density at radius 3 is 3.08 bits per heavy atom. The van der Waals surface area contributed by atoms with E-state index in [2.05, 4.69) is 20.3 Å². The van der Waals surface area contributed by atoms with Crippen LogP contribution < -0.4 is 32.1 Å². The number of hydrogen-bond donors (Lipinski definition) is 4. The Bertz CT molecular complexity index is 822. The van der Waals surface area contributed by atoms with Crippen molar-refractivity contribution in [2.75, 3.05) is 16.4 Å². The molecule has 3 rings (SSSR count). The number of aromatic nitrogens is 4. The number of alkyl halides is 1. The van der Waals surface area contributed by atoms with Crippen LogP contribution in [0.3, 0.4) is 0 Å². The number of aromatic amines is 1. The molecule has 4 N–H and O–H groups in total. The van der Waals surface area contributed by atoms with Crippen molar-refractivity contribution in [2.24, 2.45) is 0 Å². The zero-order chi connectivity index (χ0) is 18.0. The van der Waals surface area contributed by atoms with Gasteiger partial charge in [0.05, 0.1) is 0 Å². The molecule has 1 amide bonds. The summed E-state index contributed by atoms with van der Waals surface area (Å²) >= 11 is -0.658. The van der Waals surface area contributed by atoms with Crippen LogP contribution in [0.5, 0.6) is 0 Å². The van der Waals surface area contributed by atoms with Crippen LogP contribution in [0.2, 0.25) is 0 Å². The van der Waals surface area contributed by atoms with Crippen molar-refractivity contribution in [3.8, 4) is 0 Å². The van der Waals surface area contributed by atoms with Crippen molar-refractivity contribution in [3.05, 3.63) is 16.7 Å². The fourth-order valence-corrected chi connectivity index (χ4v) is 4.03. The number of hydrogen-bond acceptors (Lipinski definition) is 7. The standard InChI is InChI=1S/C14H19IN5O5/c1-2-3-15-13(24)19-14-17-11-10(12(23)18-14)16-6-20(11)9-4-7(22)8(5-21)25-9/h6-9,21-22H,2-5H2,1H3,(H2,17,18,19,23,24)/q-1/t7-,8-,9-/m0/s1. The third-order valence-electron chi connectivity index (χ3n) is 3.75. The van der Waals surface area contributed by atoms with Gasteiger partial charge in [0.2, 0.25) is 0 Å². The van der Waals surface area contributed by atoms with E-state index in [-0.39, 0.29) is 34.1 Å². The monoisotopic (exact) mass is 464 g/mol. The quantitative estimate of drug-likeness (QED) is 0.153. The summed E-state index contributed by atoms with van der Waals surface area (Å²) < 4.78 is 7.84. The van der Waals surface area contributed by atoms with Crippen LogP contribution in [0.4, 0.5) is 10.7 Å². The zero-order valence-corrected chi connectivity index (χ0v) is 15.6. The van der Waals surface area contributed by atoms with Gasteiger partial charge in [0.25, 0.3) is 0 Å². The van der Waals surface area contributed by atoms with Gasteiger partial charge in [-0.15, -0.1) is 0 Å². The molecule has 10 nitrogen and oxygen atoms in total. The molecule has 1 fully saturated rings. The van der Waals surface area contributed by atoms with E-state index in [0.29, 0.717) is 0 Å². The number of anilines is 1.